The van der Waals surface area contributed by atoms with Crippen LogP contribution >= 0.6 is 0 Å². The number of carbonyl (C=O) groups excluding carboxylic acids is 1. The Labute approximate surface area is 117 Å². The Balaban J connectivity index is 1.56. The smallest absolute Gasteiger partial charge is 0.270 e. The highest BCUT2D eigenvalue weighted by atomic mass is 16.1. The summed E-state index contributed by atoms with van der Waals surface area (Å²) in [4.78, 5) is 20.3. The number of aromatic nitrogens is 2. The summed E-state index contributed by atoms with van der Waals surface area (Å²) in [6.45, 7) is 0.406. The molecule has 0 unspecified atom stereocenters. The molecule has 1 aliphatic carbocycles. The van der Waals surface area contributed by atoms with Crippen molar-refractivity contribution >= 4 is 11.6 Å². The van der Waals surface area contributed by atoms with Gasteiger partial charge < -0.3 is 10.6 Å². The molecular weight excluding hydrogens is 252 g/mol. The number of rotatable bonds is 5. The van der Waals surface area contributed by atoms with Crippen LogP contribution in [0.1, 0.15) is 29.0 Å². The summed E-state index contributed by atoms with van der Waals surface area (Å²) in [6, 6.07) is 9.82. The Hall–Kier alpha value is -2.43. The second kappa shape index (κ2) is 5.69. The average molecular weight is 268 g/mol. The molecular formula is C15H16N4O. The van der Waals surface area contributed by atoms with Crippen LogP contribution in [0.15, 0.2) is 42.7 Å². The van der Waals surface area contributed by atoms with Crippen LogP contribution in [-0.4, -0.2) is 21.9 Å². The Bertz CT molecular complexity index is 579. The van der Waals surface area contributed by atoms with Gasteiger partial charge in [-0.1, -0.05) is 6.07 Å². The monoisotopic (exact) mass is 268 g/mol. The summed E-state index contributed by atoms with van der Waals surface area (Å²) in [5.41, 5.74) is 2.21. The summed E-state index contributed by atoms with van der Waals surface area (Å²) in [5, 5.41) is 6.14. The summed E-state index contributed by atoms with van der Waals surface area (Å²) in [5.74, 6) is -0.186. The van der Waals surface area contributed by atoms with Crippen molar-refractivity contribution in [2.45, 2.75) is 25.4 Å². The lowest BCUT2D eigenvalue weighted by Crippen LogP contribution is -2.24. The van der Waals surface area contributed by atoms with E-state index in [9.17, 15) is 4.79 Å². The summed E-state index contributed by atoms with van der Waals surface area (Å²) < 4.78 is 0. The van der Waals surface area contributed by atoms with Gasteiger partial charge in [0.2, 0.25) is 0 Å². The van der Waals surface area contributed by atoms with Gasteiger partial charge in [0, 0.05) is 12.2 Å². The van der Waals surface area contributed by atoms with Crippen molar-refractivity contribution in [2.75, 3.05) is 5.32 Å². The number of anilines is 1. The summed E-state index contributed by atoms with van der Waals surface area (Å²) in [6.07, 6.45) is 5.84. The number of nitrogens with zero attached hydrogens (tertiary/aromatic N) is 2. The molecule has 3 rings (SSSR count). The van der Waals surface area contributed by atoms with Gasteiger partial charge in [-0.25, -0.2) is 4.98 Å². The fraction of sp³-hybridized carbons (Fsp3) is 0.267. The lowest BCUT2D eigenvalue weighted by molar-refractivity contribution is 0.0945. The summed E-state index contributed by atoms with van der Waals surface area (Å²) >= 11 is 0. The van der Waals surface area contributed by atoms with Crippen LogP contribution in [0, 0.1) is 0 Å². The van der Waals surface area contributed by atoms with Gasteiger partial charge in [-0.15, -0.1) is 0 Å². The van der Waals surface area contributed by atoms with E-state index in [0.29, 0.717) is 18.3 Å². The van der Waals surface area contributed by atoms with E-state index in [1.807, 2.05) is 24.3 Å². The molecule has 2 heterocycles. The minimum Gasteiger partial charge on any atom is -0.381 e. The summed E-state index contributed by atoms with van der Waals surface area (Å²) in [7, 11) is 0. The molecule has 0 aromatic carbocycles. The van der Waals surface area contributed by atoms with Crippen LogP contribution < -0.4 is 10.6 Å². The quantitative estimate of drug-likeness (QED) is 0.870. The molecule has 20 heavy (non-hydrogen) atoms. The molecule has 102 valence electrons. The Morgan fingerprint density at radius 2 is 2.10 bits per heavy atom. The standard InChI is InChI=1S/C15H16N4O/c20-15(18-9-12-3-1-2-8-16-12)14-7-6-13(10-17-14)19-11-4-5-11/h1-3,6-8,10-11,19H,4-5,9H2,(H,18,20). The van der Waals surface area contributed by atoms with Crippen molar-refractivity contribution in [3.05, 3.63) is 54.1 Å². The Morgan fingerprint density at radius 3 is 2.75 bits per heavy atom. The molecule has 1 aliphatic rings. The van der Waals surface area contributed by atoms with Crippen LogP contribution in [0.3, 0.4) is 0 Å². The van der Waals surface area contributed by atoms with E-state index in [-0.39, 0.29) is 5.91 Å². The molecule has 0 atom stereocenters. The number of amides is 1. The lowest BCUT2D eigenvalue weighted by atomic mass is 10.3. The van der Waals surface area contributed by atoms with Gasteiger partial charge in [-0.3, -0.25) is 9.78 Å². The van der Waals surface area contributed by atoms with Gasteiger partial charge in [0.1, 0.15) is 5.69 Å². The molecule has 5 nitrogen and oxygen atoms in total. The number of carbonyl (C=O) groups is 1. The first kappa shape index (κ1) is 12.6. The minimum atomic E-state index is -0.186. The number of hydrogen-bond donors (Lipinski definition) is 2. The molecule has 1 saturated carbocycles. The van der Waals surface area contributed by atoms with Crippen molar-refractivity contribution in [2.24, 2.45) is 0 Å². The van der Waals surface area contributed by atoms with Crippen molar-refractivity contribution in [1.29, 1.82) is 0 Å². The molecule has 0 spiro atoms. The van der Waals surface area contributed by atoms with Crippen molar-refractivity contribution in [3.63, 3.8) is 0 Å². The molecule has 0 bridgehead atoms. The number of hydrogen-bond acceptors (Lipinski definition) is 4. The van der Waals surface area contributed by atoms with Gasteiger partial charge in [-0.05, 0) is 37.1 Å². The number of pyridine rings is 2. The third-order valence-electron chi connectivity index (χ3n) is 3.10. The molecule has 1 amide bonds. The van der Waals surface area contributed by atoms with E-state index in [0.717, 1.165) is 11.4 Å². The van der Waals surface area contributed by atoms with Crippen LogP contribution in [0.5, 0.6) is 0 Å². The van der Waals surface area contributed by atoms with E-state index in [2.05, 4.69) is 20.6 Å². The lowest BCUT2D eigenvalue weighted by Gasteiger charge is -2.06. The fourth-order valence-electron chi connectivity index (χ4n) is 1.84. The highest BCUT2D eigenvalue weighted by Gasteiger charge is 2.20. The zero-order valence-corrected chi connectivity index (χ0v) is 11.0. The molecule has 0 aliphatic heterocycles. The third kappa shape index (κ3) is 3.32. The van der Waals surface area contributed by atoms with Gasteiger partial charge in [0.15, 0.2) is 0 Å². The molecule has 1 fully saturated rings. The largest absolute Gasteiger partial charge is 0.381 e. The normalized spacial score (nSPS) is 13.8. The Kier molecular flexibility index (Phi) is 3.58. The molecule has 2 aromatic heterocycles. The maximum atomic E-state index is 11.9. The SMILES string of the molecule is O=C(NCc1ccccn1)c1ccc(NC2CC2)cn1. The fourth-order valence-corrected chi connectivity index (χ4v) is 1.84. The maximum Gasteiger partial charge on any atom is 0.270 e. The van der Waals surface area contributed by atoms with E-state index in [1.165, 1.54) is 12.8 Å². The predicted octanol–water partition coefficient (Wildman–Crippen LogP) is 1.98. The van der Waals surface area contributed by atoms with Crippen LogP contribution in [0.25, 0.3) is 0 Å². The maximum absolute atomic E-state index is 11.9. The van der Waals surface area contributed by atoms with E-state index in [1.54, 1.807) is 18.5 Å². The predicted molar refractivity (Wildman–Crippen MR) is 76.3 cm³/mol. The van der Waals surface area contributed by atoms with E-state index in [4.69, 9.17) is 0 Å². The molecule has 0 saturated heterocycles. The van der Waals surface area contributed by atoms with Gasteiger partial charge in [-0.2, -0.15) is 0 Å². The first-order valence-electron chi connectivity index (χ1n) is 6.72. The zero-order valence-electron chi connectivity index (χ0n) is 11.0. The molecule has 2 N–H and O–H groups in total. The van der Waals surface area contributed by atoms with Gasteiger partial charge >= 0.3 is 0 Å². The highest BCUT2D eigenvalue weighted by Crippen LogP contribution is 2.24. The third-order valence-corrected chi connectivity index (χ3v) is 3.10. The molecule has 2 aromatic rings. The molecule has 0 radical (unpaired) electrons. The van der Waals surface area contributed by atoms with E-state index < -0.39 is 0 Å². The topological polar surface area (TPSA) is 66.9 Å². The van der Waals surface area contributed by atoms with Crippen LogP contribution in [0.2, 0.25) is 0 Å². The van der Waals surface area contributed by atoms with Crippen molar-refractivity contribution < 1.29 is 4.79 Å². The van der Waals surface area contributed by atoms with Gasteiger partial charge in [0.05, 0.1) is 24.1 Å². The highest BCUT2D eigenvalue weighted by molar-refractivity contribution is 5.92. The van der Waals surface area contributed by atoms with Crippen LogP contribution in [0.4, 0.5) is 5.69 Å². The van der Waals surface area contributed by atoms with E-state index >= 15 is 0 Å². The van der Waals surface area contributed by atoms with Crippen LogP contribution in [-0.2, 0) is 6.54 Å². The zero-order chi connectivity index (χ0) is 13.8. The molecule has 5 heteroatoms. The van der Waals surface area contributed by atoms with Gasteiger partial charge in [0.25, 0.3) is 5.91 Å². The second-order valence-electron chi connectivity index (χ2n) is 4.85. The Morgan fingerprint density at radius 1 is 1.20 bits per heavy atom. The van der Waals surface area contributed by atoms with Crippen molar-refractivity contribution in [1.82, 2.24) is 15.3 Å². The minimum absolute atomic E-state index is 0.186. The first-order valence-corrected chi connectivity index (χ1v) is 6.72. The second-order valence-corrected chi connectivity index (χ2v) is 4.85. The first-order chi connectivity index (χ1) is 9.81. The number of nitrogens with one attached hydrogen (secondary N) is 2. The van der Waals surface area contributed by atoms with Crippen molar-refractivity contribution in [3.8, 4) is 0 Å². The average Bonchev–Trinajstić information content (AvgIpc) is 3.31.